The smallest absolute Gasteiger partial charge is 0.227 e. The highest BCUT2D eigenvalue weighted by Gasteiger charge is 2.31. The first-order valence-corrected chi connectivity index (χ1v) is 6.86. The molecule has 0 saturated carbocycles. The Morgan fingerprint density at radius 3 is 2.24 bits per heavy atom. The summed E-state index contributed by atoms with van der Waals surface area (Å²) in [7, 11) is 1.97. The third-order valence-electron chi connectivity index (χ3n) is 3.61. The fourth-order valence-corrected chi connectivity index (χ4v) is 2.54. The van der Waals surface area contributed by atoms with Crippen LogP contribution in [-0.4, -0.2) is 48.4 Å². The lowest BCUT2D eigenvalue weighted by atomic mass is 9.92. The summed E-state index contributed by atoms with van der Waals surface area (Å²) in [5.41, 5.74) is -0.255. The fraction of sp³-hybridized carbons (Fsp3) is 0.929. The molecule has 3 nitrogen and oxygen atoms in total. The largest absolute Gasteiger partial charge is 0.342 e. The van der Waals surface area contributed by atoms with Gasteiger partial charge < -0.3 is 9.80 Å². The quantitative estimate of drug-likeness (QED) is 0.756. The van der Waals surface area contributed by atoms with Gasteiger partial charge in [0.25, 0.3) is 0 Å². The lowest BCUT2D eigenvalue weighted by molar-refractivity contribution is -0.141. The summed E-state index contributed by atoms with van der Waals surface area (Å²) in [5.74, 6) is 0.270. The van der Waals surface area contributed by atoms with E-state index in [1.807, 2.05) is 32.7 Å². The number of amides is 1. The van der Waals surface area contributed by atoms with Gasteiger partial charge in [0.2, 0.25) is 5.91 Å². The molecule has 0 unspecified atom stereocenters. The van der Waals surface area contributed by atoms with E-state index >= 15 is 0 Å². The minimum atomic E-state index is -0.255. The molecule has 0 aromatic rings. The Bertz CT molecular complexity index is 249. The van der Waals surface area contributed by atoms with Crippen molar-refractivity contribution in [3.05, 3.63) is 0 Å². The van der Waals surface area contributed by atoms with Crippen molar-refractivity contribution in [1.29, 1.82) is 0 Å². The Kier molecular flexibility index (Phi) is 4.99. The predicted octanol–water partition coefficient (Wildman–Crippen LogP) is 2.37. The van der Waals surface area contributed by atoms with Crippen molar-refractivity contribution in [3.63, 3.8) is 0 Å². The van der Waals surface area contributed by atoms with Crippen molar-refractivity contribution in [1.82, 2.24) is 9.80 Å². The van der Waals surface area contributed by atoms with Crippen LogP contribution < -0.4 is 0 Å². The molecule has 0 atom stereocenters. The first kappa shape index (κ1) is 14.5. The maximum atomic E-state index is 12.2. The molecule has 0 spiro atoms. The SMILES string of the molecule is CCCN1CCC(N(C)C(=O)C(C)(C)C)CC1. The van der Waals surface area contributed by atoms with E-state index in [-0.39, 0.29) is 11.3 Å². The average molecular weight is 240 g/mol. The van der Waals surface area contributed by atoms with Crippen LogP contribution >= 0.6 is 0 Å². The highest BCUT2D eigenvalue weighted by molar-refractivity contribution is 5.81. The van der Waals surface area contributed by atoms with Gasteiger partial charge in [-0.25, -0.2) is 0 Å². The second-order valence-corrected chi connectivity index (χ2v) is 6.24. The number of carbonyl (C=O) groups is 1. The average Bonchev–Trinajstić information content (AvgIpc) is 2.27. The summed E-state index contributed by atoms with van der Waals surface area (Å²) in [4.78, 5) is 16.7. The van der Waals surface area contributed by atoms with Gasteiger partial charge in [-0.3, -0.25) is 4.79 Å². The summed E-state index contributed by atoms with van der Waals surface area (Å²) in [6.45, 7) is 11.7. The third-order valence-corrected chi connectivity index (χ3v) is 3.61. The van der Waals surface area contributed by atoms with Crippen molar-refractivity contribution in [2.24, 2.45) is 5.41 Å². The van der Waals surface area contributed by atoms with Crippen molar-refractivity contribution >= 4 is 5.91 Å². The van der Waals surface area contributed by atoms with E-state index in [4.69, 9.17) is 0 Å². The molecule has 1 fully saturated rings. The van der Waals surface area contributed by atoms with E-state index < -0.39 is 0 Å². The van der Waals surface area contributed by atoms with E-state index in [0.717, 1.165) is 25.9 Å². The molecule has 0 N–H and O–H groups in total. The van der Waals surface area contributed by atoms with Gasteiger partial charge in [0.15, 0.2) is 0 Å². The van der Waals surface area contributed by atoms with Crippen LogP contribution in [-0.2, 0) is 4.79 Å². The summed E-state index contributed by atoms with van der Waals surface area (Å²) < 4.78 is 0. The van der Waals surface area contributed by atoms with Crippen LogP contribution in [0.2, 0.25) is 0 Å². The molecule has 1 heterocycles. The van der Waals surface area contributed by atoms with Gasteiger partial charge in [0.05, 0.1) is 0 Å². The molecule has 0 aromatic heterocycles. The highest BCUT2D eigenvalue weighted by atomic mass is 16.2. The Balaban J connectivity index is 2.46. The second kappa shape index (κ2) is 5.85. The van der Waals surface area contributed by atoms with Gasteiger partial charge in [-0.1, -0.05) is 27.7 Å². The summed E-state index contributed by atoms with van der Waals surface area (Å²) in [5, 5.41) is 0. The van der Waals surface area contributed by atoms with E-state index in [0.29, 0.717) is 6.04 Å². The van der Waals surface area contributed by atoms with E-state index in [1.54, 1.807) is 0 Å². The van der Waals surface area contributed by atoms with Gasteiger partial charge in [-0.15, -0.1) is 0 Å². The summed E-state index contributed by atoms with van der Waals surface area (Å²) in [6, 6.07) is 0.440. The summed E-state index contributed by atoms with van der Waals surface area (Å²) in [6.07, 6.45) is 3.47. The monoisotopic (exact) mass is 240 g/mol. The number of hydrogen-bond donors (Lipinski definition) is 0. The first-order valence-electron chi connectivity index (χ1n) is 6.86. The number of hydrogen-bond acceptors (Lipinski definition) is 2. The third kappa shape index (κ3) is 3.98. The maximum absolute atomic E-state index is 12.2. The highest BCUT2D eigenvalue weighted by Crippen LogP contribution is 2.22. The molecule has 1 rings (SSSR count). The van der Waals surface area contributed by atoms with Gasteiger partial charge in [0, 0.05) is 31.6 Å². The molecule has 0 aliphatic carbocycles. The summed E-state index contributed by atoms with van der Waals surface area (Å²) >= 11 is 0. The van der Waals surface area contributed by atoms with Gasteiger partial charge in [-0.2, -0.15) is 0 Å². The van der Waals surface area contributed by atoms with Gasteiger partial charge in [-0.05, 0) is 25.8 Å². The van der Waals surface area contributed by atoms with Crippen LogP contribution in [0.5, 0.6) is 0 Å². The Morgan fingerprint density at radius 2 is 1.82 bits per heavy atom. The molecule has 1 saturated heterocycles. The molecule has 0 aromatic carbocycles. The number of piperidine rings is 1. The molecular formula is C14H28N2O. The van der Waals surface area contributed by atoms with Crippen LogP contribution in [0, 0.1) is 5.41 Å². The topological polar surface area (TPSA) is 23.6 Å². The lowest BCUT2D eigenvalue weighted by Crippen LogP contribution is -2.48. The molecule has 1 amide bonds. The molecule has 1 aliphatic rings. The normalized spacial score (nSPS) is 19.4. The second-order valence-electron chi connectivity index (χ2n) is 6.24. The molecule has 100 valence electrons. The number of likely N-dealkylation sites (tertiary alicyclic amines) is 1. The maximum Gasteiger partial charge on any atom is 0.227 e. The van der Waals surface area contributed by atoms with Crippen molar-refractivity contribution in [3.8, 4) is 0 Å². The van der Waals surface area contributed by atoms with E-state index in [1.165, 1.54) is 13.0 Å². The first-order chi connectivity index (χ1) is 7.86. The Labute approximate surface area is 106 Å². The number of nitrogens with zero attached hydrogens (tertiary/aromatic N) is 2. The number of rotatable bonds is 3. The van der Waals surface area contributed by atoms with Gasteiger partial charge in [0.1, 0.15) is 0 Å². The zero-order chi connectivity index (χ0) is 13.1. The zero-order valence-corrected chi connectivity index (χ0v) is 12.1. The van der Waals surface area contributed by atoms with Crippen molar-refractivity contribution < 1.29 is 4.79 Å². The van der Waals surface area contributed by atoms with Crippen LogP contribution in [0.25, 0.3) is 0 Å². The lowest BCUT2D eigenvalue weighted by Gasteiger charge is -2.38. The van der Waals surface area contributed by atoms with Crippen LogP contribution in [0.4, 0.5) is 0 Å². The van der Waals surface area contributed by atoms with Gasteiger partial charge >= 0.3 is 0 Å². The van der Waals surface area contributed by atoms with Crippen LogP contribution in [0.1, 0.15) is 47.0 Å². The molecule has 1 aliphatic heterocycles. The zero-order valence-electron chi connectivity index (χ0n) is 12.1. The van der Waals surface area contributed by atoms with E-state index in [9.17, 15) is 4.79 Å². The molecule has 3 heteroatoms. The minimum Gasteiger partial charge on any atom is -0.342 e. The standard InChI is InChI=1S/C14H28N2O/c1-6-9-16-10-7-12(8-11-16)15(5)13(17)14(2,3)4/h12H,6-11H2,1-5H3. The minimum absolute atomic E-state index is 0.255. The Morgan fingerprint density at radius 1 is 1.29 bits per heavy atom. The Hall–Kier alpha value is -0.570. The van der Waals surface area contributed by atoms with E-state index in [2.05, 4.69) is 11.8 Å². The molecule has 0 bridgehead atoms. The molecule has 0 radical (unpaired) electrons. The number of carbonyl (C=O) groups excluding carboxylic acids is 1. The predicted molar refractivity (Wildman–Crippen MR) is 72.0 cm³/mol. The molecular weight excluding hydrogens is 212 g/mol. The van der Waals surface area contributed by atoms with Crippen LogP contribution in [0.3, 0.4) is 0 Å². The van der Waals surface area contributed by atoms with Crippen LogP contribution in [0.15, 0.2) is 0 Å². The van der Waals surface area contributed by atoms with Crippen molar-refractivity contribution in [2.45, 2.75) is 53.0 Å². The molecule has 17 heavy (non-hydrogen) atoms. The fourth-order valence-electron chi connectivity index (χ4n) is 2.54. The van der Waals surface area contributed by atoms with Crippen molar-refractivity contribution in [2.75, 3.05) is 26.7 Å².